The fourth-order valence-corrected chi connectivity index (χ4v) is 2.94. The van der Waals surface area contributed by atoms with Gasteiger partial charge in [0.05, 0.1) is 12.2 Å². The predicted octanol–water partition coefficient (Wildman–Crippen LogP) is 2.30. The number of rotatable bonds is 9. The molecule has 1 heterocycles. The average molecular weight is 283 g/mol. The zero-order valence-corrected chi connectivity index (χ0v) is 14.0. The Morgan fingerprint density at radius 2 is 1.90 bits per heavy atom. The van der Waals surface area contributed by atoms with E-state index in [9.17, 15) is 4.79 Å². The maximum absolute atomic E-state index is 12.5. The van der Waals surface area contributed by atoms with Crippen molar-refractivity contribution >= 4 is 5.91 Å². The second-order valence-corrected chi connectivity index (χ2v) is 6.21. The SMILES string of the molecule is CCCC1NC(CC(C)C)N(CCN(CC)CC)C1=O. The minimum atomic E-state index is 0.0421. The standard InChI is InChI=1S/C16H33N3O/c1-6-9-14-16(20)19(11-10-18(7-2)8-3)15(17-14)12-13(4)5/h13-15,17H,6-12H2,1-5H3. The number of likely N-dealkylation sites (N-methyl/N-ethyl adjacent to an activating group) is 1. The van der Waals surface area contributed by atoms with Gasteiger partial charge in [0.15, 0.2) is 0 Å². The van der Waals surface area contributed by atoms with E-state index in [0.717, 1.165) is 45.4 Å². The van der Waals surface area contributed by atoms with E-state index in [2.05, 4.69) is 49.7 Å². The molecule has 0 aromatic rings. The normalized spacial score (nSPS) is 23.4. The van der Waals surface area contributed by atoms with Gasteiger partial charge < -0.3 is 9.80 Å². The highest BCUT2D eigenvalue weighted by Crippen LogP contribution is 2.19. The van der Waals surface area contributed by atoms with Gasteiger partial charge in [0.2, 0.25) is 5.91 Å². The summed E-state index contributed by atoms with van der Waals surface area (Å²) in [6, 6.07) is 0.0421. The summed E-state index contributed by atoms with van der Waals surface area (Å²) < 4.78 is 0. The maximum atomic E-state index is 12.5. The third-order valence-electron chi connectivity index (χ3n) is 4.17. The average Bonchev–Trinajstić information content (AvgIpc) is 2.68. The molecule has 1 amide bonds. The molecule has 1 fully saturated rings. The summed E-state index contributed by atoms with van der Waals surface area (Å²) in [7, 11) is 0. The minimum absolute atomic E-state index is 0.0421. The molecule has 2 atom stereocenters. The Morgan fingerprint density at radius 3 is 2.40 bits per heavy atom. The molecule has 0 radical (unpaired) electrons. The van der Waals surface area contributed by atoms with Crippen molar-refractivity contribution in [3.05, 3.63) is 0 Å². The van der Waals surface area contributed by atoms with Crippen LogP contribution in [-0.2, 0) is 4.79 Å². The first kappa shape index (κ1) is 17.4. The molecule has 1 N–H and O–H groups in total. The first-order chi connectivity index (χ1) is 9.53. The van der Waals surface area contributed by atoms with E-state index in [1.165, 1.54) is 0 Å². The van der Waals surface area contributed by atoms with Crippen LogP contribution in [0.2, 0.25) is 0 Å². The van der Waals surface area contributed by atoms with Gasteiger partial charge in [0, 0.05) is 13.1 Å². The van der Waals surface area contributed by atoms with Crippen molar-refractivity contribution in [1.82, 2.24) is 15.1 Å². The second kappa shape index (κ2) is 8.63. The summed E-state index contributed by atoms with van der Waals surface area (Å²) in [5.41, 5.74) is 0. The van der Waals surface area contributed by atoms with Crippen LogP contribution < -0.4 is 5.32 Å². The summed E-state index contributed by atoms with van der Waals surface area (Å²) in [4.78, 5) is 17.0. The molecule has 0 aromatic carbocycles. The highest BCUT2D eigenvalue weighted by molar-refractivity contribution is 5.84. The van der Waals surface area contributed by atoms with Gasteiger partial charge in [-0.2, -0.15) is 0 Å². The Hall–Kier alpha value is -0.610. The monoisotopic (exact) mass is 283 g/mol. The molecule has 20 heavy (non-hydrogen) atoms. The molecule has 0 spiro atoms. The minimum Gasteiger partial charge on any atom is -0.325 e. The number of amides is 1. The highest BCUT2D eigenvalue weighted by Gasteiger charge is 2.37. The lowest BCUT2D eigenvalue weighted by molar-refractivity contribution is -0.130. The zero-order chi connectivity index (χ0) is 15.1. The second-order valence-electron chi connectivity index (χ2n) is 6.21. The molecular formula is C16H33N3O. The fraction of sp³-hybridized carbons (Fsp3) is 0.938. The van der Waals surface area contributed by atoms with Crippen molar-refractivity contribution in [2.45, 2.75) is 66.1 Å². The third-order valence-corrected chi connectivity index (χ3v) is 4.17. The lowest BCUT2D eigenvalue weighted by Gasteiger charge is -2.28. The summed E-state index contributed by atoms with van der Waals surface area (Å²) >= 11 is 0. The van der Waals surface area contributed by atoms with Crippen LogP contribution in [0.5, 0.6) is 0 Å². The Bertz CT molecular complexity index is 289. The molecule has 4 nitrogen and oxygen atoms in total. The fourth-order valence-electron chi connectivity index (χ4n) is 2.94. The third kappa shape index (κ3) is 4.74. The van der Waals surface area contributed by atoms with Crippen molar-refractivity contribution in [2.24, 2.45) is 5.92 Å². The lowest BCUT2D eigenvalue weighted by atomic mass is 10.1. The van der Waals surface area contributed by atoms with Gasteiger partial charge in [-0.3, -0.25) is 10.1 Å². The Labute approximate surface area is 124 Å². The van der Waals surface area contributed by atoms with Crippen LogP contribution >= 0.6 is 0 Å². The topological polar surface area (TPSA) is 35.6 Å². The lowest BCUT2D eigenvalue weighted by Crippen LogP contribution is -2.43. The molecule has 2 unspecified atom stereocenters. The van der Waals surface area contributed by atoms with Crippen molar-refractivity contribution in [1.29, 1.82) is 0 Å². The van der Waals surface area contributed by atoms with Crippen LogP contribution in [0.4, 0.5) is 0 Å². The van der Waals surface area contributed by atoms with E-state index < -0.39 is 0 Å². The smallest absolute Gasteiger partial charge is 0.241 e. The first-order valence-electron chi connectivity index (χ1n) is 8.32. The highest BCUT2D eigenvalue weighted by atomic mass is 16.2. The van der Waals surface area contributed by atoms with E-state index in [1.54, 1.807) is 0 Å². The van der Waals surface area contributed by atoms with Gasteiger partial charge in [-0.25, -0.2) is 0 Å². The number of carbonyl (C=O) groups excluding carboxylic acids is 1. The quantitative estimate of drug-likeness (QED) is 0.705. The predicted molar refractivity (Wildman–Crippen MR) is 84.6 cm³/mol. The van der Waals surface area contributed by atoms with Crippen LogP contribution in [0.3, 0.4) is 0 Å². The van der Waals surface area contributed by atoms with Crippen LogP contribution in [0, 0.1) is 5.92 Å². The van der Waals surface area contributed by atoms with Crippen molar-refractivity contribution in [3.63, 3.8) is 0 Å². The van der Waals surface area contributed by atoms with E-state index in [0.29, 0.717) is 11.8 Å². The van der Waals surface area contributed by atoms with Crippen molar-refractivity contribution in [3.8, 4) is 0 Å². The summed E-state index contributed by atoms with van der Waals surface area (Å²) in [5.74, 6) is 0.918. The number of nitrogens with one attached hydrogen (secondary N) is 1. The Morgan fingerprint density at radius 1 is 1.25 bits per heavy atom. The van der Waals surface area contributed by atoms with Gasteiger partial charge in [-0.15, -0.1) is 0 Å². The summed E-state index contributed by atoms with van der Waals surface area (Å²) in [6.07, 6.45) is 3.29. The number of hydrogen-bond donors (Lipinski definition) is 1. The van der Waals surface area contributed by atoms with Crippen LogP contribution in [0.25, 0.3) is 0 Å². The van der Waals surface area contributed by atoms with Crippen LogP contribution in [0.15, 0.2) is 0 Å². The van der Waals surface area contributed by atoms with Crippen molar-refractivity contribution in [2.75, 3.05) is 26.2 Å². The van der Waals surface area contributed by atoms with Gasteiger partial charge in [-0.1, -0.05) is 41.0 Å². The number of hydrogen-bond acceptors (Lipinski definition) is 3. The van der Waals surface area contributed by atoms with Gasteiger partial charge in [0.25, 0.3) is 0 Å². The molecule has 1 aliphatic rings. The van der Waals surface area contributed by atoms with E-state index in [-0.39, 0.29) is 12.2 Å². The van der Waals surface area contributed by atoms with Gasteiger partial charge in [-0.05, 0) is 31.8 Å². The molecule has 0 aliphatic carbocycles. The van der Waals surface area contributed by atoms with Gasteiger partial charge in [0.1, 0.15) is 0 Å². The zero-order valence-electron chi connectivity index (χ0n) is 14.0. The van der Waals surface area contributed by atoms with Gasteiger partial charge >= 0.3 is 0 Å². The molecule has 1 rings (SSSR count). The van der Waals surface area contributed by atoms with E-state index >= 15 is 0 Å². The summed E-state index contributed by atoms with van der Waals surface area (Å²) in [5, 5.41) is 3.54. The van der Waals surface area contributed by atoms with Crippen molar-refractivity contribution < 1.29 is 4.79 Å². The molecule has 4 heteroatoms. The van der Waals surface area contributed by atoms with E-state index in [4.69, 9.17) is 0 Å². The molecule has 1 saturated heterocycles. The molecule has 0 bridgehead atoms. The number of nitrogens with zero attached hydrogens (tertiary/aromatic N) is 2. The molecular weight excluding hydrogens is 250 g/mol. The number of carbonyl (C=O) groups is 1. The molecule has 1 aliphatic heterocycles. The van der Waals surface area contributed by atoms with E-state index in [1.807, 2.05) is 0 Å². The molecule has 118 valence electrons. The maximum Gasteiger partial charge on any atom is 0.241 e. The first-order valence-corrected chi connectivity index (χ1v) is 8.32. The summed E-state index contributed by atoms with van der Waals surface area (Å²) in [6.45, 7) is 14.9. The molecule has 0 aromatic heterocycles. The van der Waals surface area contributed by atoms with Crippen LogP contribution in [-0.4, -0.2) is 54.1 Å². The molecule has 0 saturated carbocycles. The largest absolute Gasteiger partial charge is 0.325 e. The Balaban J connectivity index is 2.63. The Kier molecular flexibility index (Phi) is 7.52. The van der Waals surface area contributed by atoms with Crippen LogP contribution in [0.1, 0.15) is 53.9 Å².